The molecule has 0 saturated heterocycles. The van der Waals surface area contributed by atoms with Crippen LogP contribution in [0.15, 0.2) is 18.5 Å². The summed E-state index contributed by atoms with van der Waals surface area (Å²) >= 11 is 0. The van der Waals surface area contributed by atoms with Gasteiger partial charge in [0.1, 0.15) is 5.65 Å². The first kappa shape index (κ1) is 18.4. The van der Waals surface area contributed by atoms with Gasteiger partial charge in [-0.2, -0.15) is 0 Å². The minimum atomic E-state index is -0.995. The zero-order valence-corrected chi connectivity index (χ0v) is 15.2. The van der Waals surface area contributed by atoms with Gasteiger partial charge < -0.3 is 20.7 Å². The molecule has 7 heteroatoms. The SMILES string of the molecule is CC(C)[C@@H](NCc1ccnc2[nH]cc(C(=O)O)c12)C(=O)NC1CCCC1. The monoisotopic (exact) mass is 358 g/mol. The molecule has 1 amide bonds. The Morgan fingerprint density at radius 1 is 1.35 bits per heavy atom. The van der Waals surface area contributed by atoms with Gasteiger partial charge in [-0.3, -0.25) is 4.79 Å². The highest BCUT2D eigenvalue weighted by molar-refractivity contribution is 6.03. The van der Waals surface area contributed by atoms with Gasteiger partial charge in [0.15, 0.2) is 0 Å². The fraction of sp³-hybridized carbons (Fsp3) is 0.526. The molecule has 4 N–H and O–H groups in total. The van der Waals surface area contributed by atoms with E-state index in [2.05, 4.69) is 20.6 Å². The number of H-pyrrole nitrogens is 1. The van der Waals surface area contributed by atoms with Crippen LogP contribution < -0.4 is 10.6 Å². The summed E-state index contributed by atoms with van der Waals surface area (Å²) in [4.78, 5) is 31.2. The van der Waals surface area contributed by atoms with Crippen molar-refractivity contribution in [3.63, 3.8) is 0 Å². The zero-order valence-electron chi connectivity index (χ0n) is 15.2. The van der Waals surface area contributed by atoms with Gasteiger partial charge in [-0.15, -0.1) is 0 Å². The molecule has 2 aromatic rings. The van der Waals surface area contributed by atoms with Crippen LogP contribution in [-0.4, -0.2) is 39.0 Å². The number of aromatic nitrogens is 2. The van der Waals surface area contributed by atoms with E-state index in [1.807, 2.05) is 13.8 Å². The largest absolute Gasteiger partial charge is 0.478 e. The predicted molar refractivity (Wildman–Crippen MR) is 98.9 cm³/mol. The van der Waals surface area contributed by atoms with Crippen LogP contribution in [0.3, 0.4) is 0 Å². The average Bonchev–Trinajstić information content (AvgIpc) is 3.24. The molecule has 7 nitrogen and oxygen atoms in total. The van der Waals surface area contributed by atoms with E-state index in [1.54, 1.807) is 12.3 Å². The normalized spacial score (nSPS) is 16.3. The lowest BCUT2D eigenvalue weighted by molar-refractivity contribution is -0.124. The van der Waals surface area contributed by atoms with Crippen LogP contribution in [0.1, 0.15) is 55.5 Å². The maximum absolute atomic E-state index is 12.7. The van der Waals surface area contributed by atoms with Crippen molar-refractivity contribution in [3.05, 3.63) is 29.6 Å². The number of carbonyl (C=O) groups is 2. The molecule has 0 radical (unpaired) electrons. The Bertz CT molecular complexity index is 793. The topological polar surface area (TPSA) is 107 Å². The standard InChI is InChI=1S/C19H26N4O3/c1-11(2)16(18(24)23-13-5-3-4-6-13)21-9-12-7-8-20-17-15(12)14(10-22-17)19(25)26/h7-8,10-11,13,16,21H,3-6,9H2,1-2H3,(H,20,22)(H,23,24)(H,25,26)/t16-/m1/s1. The molecule has 1 atom stereocenters. The Morgan fingerprint density at radius 2 is 2.08 bits per heavy atom. The molecule has 1 fully saturated rings. The number of hydrogen-bond donors (Lipinski definition) is 4. The summed E-state index contributed by atoms with van der Waals surface area (Å²) in [7, 11) is 0. The second-order valence-electron chi connectivity index (χ2n) is 7.29. The highest BCUT2D eigenvalue weighted by Crippen LogP contribution is 2.22. The van der Waals surface area contributed by atoms with E-state index in [-0.39, 0.29) is 29.5 Å². The lowest BCUT2D eigenvalue weighted by Crippen LogP contribution is -2.49. The third-order valence-electron chi connectivity index (χ3n) is 5.05. The summed E-state index contributed by atoms with van der Waals surface area (Å²) in [5, 5.41) is 16.4. The first-order valence-corrected chi connectivity index (χ1v) is 9.19. The van der Waals surface area contributed by atoms with Crippen molar-refractivity contribution in [1.82, 2.24) is 20.6 Å². The second kappa shape index (κ2) is 7.86. The van der Waals surface area contributed by atoms with Gasteiger partial charge in [0, 0.05) is 30.4 Å². The summed E-state index contributed by atoms with van der Waals surface area (Å²) < 4.78 is 0. The molecule has 0 aliphatic heterocycles. The Balaban J connectivity index is 1.75. The number of carboxylic acid groups (broad SMARTS) is 1. The molecule has 140 valence electrons. The highest BCUT2D eigenvalue weighted by Gasteiger charge is 2.26. The van der Waals surface area contributed by atoms with Gasteiger partial charge in [-0.1, -0.05) is 26.7 Å². The number of nitrogens with zero attached hydrogens (tertiary/aromatic N) is 1. The number of rotatable bonds is 7. The van der Waals surface area contributed by atoms with Gasteiger partial charge in [0.05, 0.1) is 11.6 Å². The van der Waals surface area contributed by atoms with Crippen molar-refractivity contribution in [1.29, 1.82) is 0 Å². The third-order valence-corrected chi connectivity index (χ3v) is 5.05. The number of hydrogen-bond acceptors (Lipinski definition) is 4. The molecule has 1 aliphatic rings. The van der Waals surface area contributed by atoms with E-state index in [4.69, 9.17) is 0 Å². The maximum Gasteiger partial charge on any atom is 0.337 e. The van der Waals surface area contributed by atoms with E-state index in [0.29, 0.717) is 17.6 Å². The van der Waals surface area contributed by atoms with E-state index in [9.17, 15) is 14.7 Å². The molecule has 1 aliphatic carbocycles. The van der Waals surface area contributed by atoms with Crippen molar-refractivity contribution < 1.29 is 14.7 Å². The fourth-order valence-corrected chi connectivity index (χ4v) is 3.65. The Labute approximate surface area is 152 Å². The number of nitrogens with one attached hydrogen (secondary N) is 3. The van der Waals surface area contributed by atoms with Gasteiger partial charge in [-0.25, -0.2) is 9.78 Å². The smallest absolute Gasteiger partial charge is 0.337 e. The number of aromatic carboxylic acids is 1. The van der Waals surface area contributed by atoms with Crippen molar-refractivity contribution in [3.8, 4) is 0 Å². The van der Waals surface area contributed by atoms with Crippen molar-refractivity contribution >= 4 is 22.9 Å². The van der Waals surface area contributed by atoms with Crippen LogP contribution in [0.4, 0.5) is 0 Å². The van der Waals surface area contributed by atoms with Crippen molar-refractivity contribution in [2.45, 2.75) is 58.2 Å². The number of pyridine rings is 1. The summed E-state index contributed by atoms with van der Waals surface area (Å²) in [6.07, 6.45) is 7.54. The van der Waals surface area contributed by atoms with Crippen molar-refractivity contribution in [2.24, 2.45) is 5.92 Å². The minimum Gasteiger partial charge on any atom is -0.478 e. The Kier molecular flexibility index (Phi) is 5.56. The van der Waals surface area contributed by atoms with Crippen LogP contribution in [0.25, 0.3) is 11.0 Å². The number of amides is 1. The quantitative estimate of drug-likeness (QED) is 0.608. The van der Waals surface area contributed by atoms with Crippen LogP contribution in [0.5, 0.6) is 0 Å². The van der Waals surface area contributed by atoms with Gasteiger partial charge >= 0.3 is 5.97 Å². The molecule has 2 aromatic heterocycles. The van der Waals surface area contributed by atoms with Gasteiger partial charge in [0.2, 0.25) is 5.91 Å². The molecule has 1 saturated carbocycles. The molecule has 26 heavy (non-hydrogen) atoms. The fourth-order valence-electron chi connectivity index (χ4n) is 3.65. The van der Waals surface area contributed by atoms with Crippen LogP contribution in [-0.2, 0) is 11.3 Å². The average molecular weight is 358 g/mol. The lowest BCUT2D eigenvalue weighted by Gasteiger charge is -2.24. The Morgan fingerprint density at radius 3 is 2.73 bits per heavy atom. The van der Waals surface area contributed by atoms with Crippen LogP contribution in [0.2, 0.25) is 0 Å². The van der Waals surface area contributed by atoms with E-state index in [1.165, 1.54) is 19.0 Å². The molecule has 0 bridgehead atoms. The molecule has 0 aromatic carbocycles. The lowest BCUT2D eigenvalue weighted by atomic mass is 10.0. The van der Waals surface area contributed by atoms with Crippen LogP contribution in [0, 0.1) is 5.92 Å². The van der Waals surface area contributed by atoms with Crippen LogP contribution >= 0.6 is 0 Å². The Hall–Kier alpha value is -2.41. The molecular formula is C19H26N4O3. The van der Waals surface area contributed by atoms with E-state index in [0.717, 1.165) is 18.4 Å². The second-order valence-corrected chi connectivity index (χ2v) is 7.29. The first-order valence-electron chi connectivity index (χ1n) is 9.19. The molecule has 0 spiro atoms. The number of carbonyl (C=O) groups excluding carboxylic acids is 1. The zero-order chi connectivity index (χ0) is 18.7. The summed E-state index contributed by atoms with van der Waals surface area (Å²) in [5.74, 6) is -0.853. The highest BCUT2D eigenvalue weighted by atomic mass is 16.4. The van der Waals surface area contributed by atoms with E-state index >= 15 is 0 Å². The molecular weight excluding hydrogens is 332 g/mol. The first-order chi connectivity index (χ1) is 12.5. The third kappa shape index (κ3) is 3.88. The summed E-state index contributed by atoms with van der Waals surface area (Å²) in [6, 6.07) is 1.74. The maximum atomic E-state index is 12.7. The minimum absolute atomic E-state index is 0.0183. The van der Waals surface area contributed by atoms with Crippen molar-refractivity contribution in [2.75, 3.05) is 0 Å². The molecule has 3 rings (SSSR count). The number of fused-ring (bicyclic) bond motifs is 1. The summed E-state index contributed by atoms with van der Waals surface area (Å²) in [6.45, 7) is 4.41. The van der Waals surface area contributed by atoms with Gasteiger partial charge in [0.25, 0.3) is 0 Å². The molecule has 0 unspecified atom stereocenters. The summed E-state index contributed by atoms with van der Waals surface area (Å²) in [5.41, 5.74) is 1.55. The van der Waals surface area contributed by atoms with E-state index < -0.39 is 5.97 Å². The molecule has 2 heterocycles. The predicted octanol–water partition coefficient (Wildman–Crippen LogP) is 2.43. The number of aromatic amines is 1. The van der Waals surface area contributed by atoms with Gasteiger partial charge in [-0.05, 0) is 30.4 Å². The number of carboxylic acids is 1.